The lowest BCUT2D eigenvalue weighted by Crippen LogP contribution is -2.00. The van der Waals surface area contributed by atoms with Crippen LogP contribution in [0.2, 0.25) is 0 Å². The second-order valence-corrected chi connectivity index (χ2v) is 4.20. The van der Waals surface area contributed by atoms with Gasteiger partial charge in [-0.05, 0) is 19.1 Å². The molecule has 0 saturated heterocycles. The summed E-state index contributed by atoms with van der Waals surface area (Å²) in [5, 5.41) is 11.0. The van der Waals surface area contributed by atoms with Gasteiger partial charge in [-0.15, -0.1) is 11.3 Å². The Morgan fingerprint density at radius 1 is 1.69 bits per heavy atom. The van der Waals surface area contributed by atoms with Gasteiger partial charge in [0, 0.05) is 11.1 Å². The average molecular weight is 213 g/mol. The molecule has 13 heavy (non-hydrogen) atoms. The van der Waals surface area contributed by atoms with Crippen LogP contribution in [0.15, 0.2) is 6.20 Å². The summed E-state index contributed by atoms with van der Waals surface area (Å²) in [6.45, 7) is 2.63. The van der Waals surface area contributed by atoms with E-state index < -0.39 is 0 Å². The van der Waals surface area contributed by atoms with Gasteiger partial charge in [0.2, 0.25) is 4.77 Å². The van der Waals surface area contributed by atoms with Crippen molar-refractivity contribution in [1.29, 1.82) is 0 Å². The number of tetrazole rings is 1. The van der Waals surface area contributed by atoms with E-state index >= 15 is 0 Å². The molecular formula is C6H7N5S2. The Balaban J connectivity index is 2.24. The summed E-state index contributed by atoms with van der Waals surface area (Å²) in [4.78, 5) is 5.28. The molecule has 0 spiro atoms. The van der Waals surface area contributed by atoms with Crippen LogP contribution in [-0.2, 0) is 6.54 Å². The summed E-state index contributed by atoms with van der Waals surface area (Å²) in [7, 11) is 0. The van der Waals surface area contributed by atoms with Gasteiger partial charge in [0.15, 0.2) is 0 Å². The van der Waals surface area contributed by atoms with Gasteiger partial charge in [-0.2, -0.15) is 5.21 Å². The molecule has 0 aliphatic carbocycles. The van der Waals surface area contributed by atoms with Gasteiger partial charge in [-0.1, -0.05) is 10.3 Å². The molecule has 5 nitrogen and oxygen atoms in total. The maximum atomic E-state index is 4.93. The van der Waals surface area contributed by atoms with E-state index in [4.69, 9.17) is 12.2 Å². The summed E-state index contributed by atoms with van der Waals surface area (Å²) in [5.74, 6) is 0. The number of hydrogen-bond acceptors (Lipinski definition) is 5. The highest BCUT2D eigenvalue weighted by molar-refractivity contribution is 7.71. The lowest BCUT2D eigenvalue weighted by molar-refractivity contribution is 0.647. The molecule has 0 amide bonds. The molecule has 1 N–H and O–H groups in total. The molecule has 2 aromatic heterocycles. The van der Waals surface area contributed by atoms with Crippen molar-refractivity contribution in [2.45, 2.75) is 13.5 Å². The van der Waals surface area contributed by atoms with E-state index in [1.807, 2.05) is 13.1 Å². The standard InChI is InChI=1S/C6H7N5S2/c1-4-7-2-5(13-4)3-11-6(12)8-9-10-11/h2H,3H2,1H3,(H,8,10,12). The van der Waals surface area contributed by atoms with Crippen LogP contribution < -0.4 is 0 Å². The summed E-state index contributed by atoms with van der Waals surface area (Å²) in [6.07, 6.45) is 1.84. The van der Waals surface area contributed by atoms with E-state index in [0.717, 1.165) is 9.88 Å². The van der Waals surface area contributed by atoms with Crippen molar-refractivity contribution in [3.8, 4) is 0 Å². The van der Waals surface area contributed by atoms with E-state index in [1.165, 1.54) is 0 Å². The van der Waals surface area contributed by atoms with Crippen LogP contribution in [0.5, 0.6) is 0 Å². The zero-order valence-corrected chi connectivity index (χ0v) is 8.52. The molecule has 2 heterocycles. The van der Waals surface area contributed by atoms with E-state index in [0.29, 0.717) is 11.3 Å². The average Bonchev–Trinajstić information content (AvgIpc) is 2.64. The maximum absolute atomic E-state index is 4.93. The molecule has 0 bridgehead atoms. The molecule has 0 fully saturated rings. The Morgan fingerprint density at radius 3 is 3.08 bits per heavy atom. The number of aromatic amines is 1. The number of aryl methyl sites for hydroxylation is 1. The minimum atomic E-state index is 0.464. The van der Waals surface area contributed by atoms with Gasteiger partial charge in [0.05, 0.1) is 11.6 Å². The molecule has 0 atom stereocenters. The Morgan fingerprint density at radius 2 is 2.54 bits per heavy atom. The number of H-pyrrole nitrogens is 1. The molecule has 68 valence electrons. The fourth-order valence-electron chi connectivity index (χ4n) is 0.953. The van der Waals surface area contributed by atoms with Crippen molar-refractivity contribution in [3.63, 3.8) is 0 Å². The van der Waals surface area contributed by atoms with Crippen molar-refractivity contribution < 1.29 is 0 Å². The molecular weight excluding hydrogens is 206 g/mol. The Kier molecular flexibility index (Phi) is 2.19. The Bertz CT molecular complexity index is 453. The SMILES string of the molecule is Cc1ncc(Cn2[nH]nnc2=S)s1. The van der Waals surface area contributed by atoms with Crippen molar-refractivity contribution in [1.82, 2.24) is 25.2 Å². The zero-order valence-electron chi connectivity index (χ0n) is 6.89. The quantitative estimate of drug-likeness (QED) is 0.760. The number of hydrogen-bond donors (Lipinski definition) is 1. The van der Waals surface area contributed by atoms with Crippen LogP contribution in [0, 0.1) is 11.7 Å². The predicted molar refractivity (Wildman–Crippen MR) is 51.2 cm³/mol. The molecule has 7 heteroatoms. The predicted octanol–water partition coefficient (Wildman–Crippen LogP) is 1.15. The minimum absolute atomic E-state index is 0.464. The summed E-state index contributed by atoms with van der Waals surface area (Å²) < 4.78 is 2.16. The molecule has 0 aliphatic heterocycles. The van der Waals surface area contributed by atoms with E-state index in [9.17, 15) is 0 Å². The smallest absolute Gasteiger partial charge is 0.238 e. The topological polar surface area (TPSA) is 59.4 Å². The van der Waals surface area contributed by atoms with E-state index in [2.05, 4.69) is 20.5 Å². The molecule has 0 saturated carbocycles. The second-order valence-electron chi connectivity index (χ2n) is 2.51. The van der Waals surface area contributed by atoms with Gasteiger partial charge in [-0.25, -0.2) is 9.67 Å². The van der Waals surface area contributed by atoms with E-state index in [1.54, 1.807) is 16.0 Å². The third-order valence-corrected chi connectivity index (χ3v) is 2.71. The number of thiazole rings is 1. The Hall–Kier alpha value is -1.08. The number of nitrogens with one attached hydrogen (secondary N) is 1. The number of nitrogens with zero attached hydrogens (tertiary/aromatic N) is 4. The first kappa shape index (κ1) is 8.52. The van der Waals surface area contributed by atoms with Crippen molar-refractivity contribution >= 4 is 23.6 Å². The van der Waals surface area contributed by atoms with Crippen molar-refractivity contribution in [3.05, 3.63) is 20.9 Å². The van der Waals surface area contributed by atoms with Crippen LogP contribution in [0.3, 0.4) is 0 Å². The highest BCUT2D eigenvalue weighted by Gasteiger charge is 2.00. The maximum Gasteiger partial charge on any atom is 0.238 e. The fraction of sp³-hybridized carbons (Fsp3) is 0.333. The number of rotatable bonds is 2. The highest BCUT2D eigenvalue weighted by Crippen LogP contribution is 2.12. The summed E-state index contributed by atoms with van der Waals surface area (Å²) >= 11 is 6.57. The highest BCUT2D eigenvalue weighted by atomic mass is 32.1. The third-order valence-electron chi connectivity index (χ3n) is 1.51. The first-order chi connectivity index (χ1) is 6.25. The van der Waals surface area contributed by atoms with Gasteiger partial charge in [0.25, 0.3) is 0 Å². The molecule has 0 unspecified atom stereocenters. The molecule has 0 aromatic carbocycles. The molecule has 2 rings (SSSR count). The molecule has 2 aromatic rings. The van der Waals surface area contributed by atoms with Crippen LogP contribution >= 0.6 is 23.6 Å². The van der Waals surface area contributed by atoms with Crippen molar-refractivity contribution in [2.24, 2.45) is 0 Å². The van der Waals surface area contributed by atoms with Crippen LogP contribution in [0.1, 0.15) is 9.88 Å². The third kappa shape index (κ3) is 1.81. The molecule has 0 radical (unpaired) electrons. The van der Waals surface area contributed by atoms with Gasteiger partial charge in [-0.3, -0.25) is 0 Å². The first-order valence-electron chi connectivity index (χ1n) is 3.65. The van der Waals surface area contributed by atoms with Gasteiger partial charge >= 0.3 is 0 Å². The van der Waals surface area contributed by atoms with Gasteiger partial charge in [0.1, 0.15) is 0 Å². The second kappa shape index (κ2) is 3.35. The summed E-state index contributed by atoms with van der Waals surface area (Å²) in [5.41, 5.74) is 0. The number of aromatic nitrogens is 5. The minimum Gasteiger partial charge on any atom is -0.250 e. The van der Waals surface area contributed by atoms with Gasteiger partial charge < -0.3 is 0 Å². The van der Waals surface area contributed by atoms with E-state index in [-0.39, 0.29) is 0 Å². The molecule has 0 aliphatic rings. The zero-order chi connectivity index (χ0) is 9.26. The largest absolute Gasteiger partial charge is 0.250 e. The summed E-state index contributed by atoms with van der Waals surface area (Å²) in [6, 6.07) is 0. The van der Waals surface area contributed by atoms with Crippen molar-refractivity contribution in [2.75, 3.05) is 0 Å². The first-order valence-corrected chi connectivity index (χ1v) is 4.87. The van der Waals surface area contributed by atoms with Crippen LogP contribution in [0.25, 0.3) is 0 Å². The van der Waals surface area contributed by atoms with Crippen LogP contribution in [-0.4, -0.2) is 25.2 Å². The van der Waals surface area contributed by atoms with Crippen LogP contribution in [0.4, 0.5) is 0 Å². The normalized spacial score (nSPS) is 10.5. The lowest BCUT2D eigenvalue weighted by atomic mass is 10.5. The fourth-order valence-corrected chi connectivity index (χ4v) is 1.88. The monoisotopic (exact) mass is 213 g/mol. The lowest BCUT2D eigenvalue weighted by Gasteiger charge is -1.94. The Labute approximate surface area is 83.4 Å².